The number of aryl methyl sites for hydroxylation is 1. The molecule has 0 amide bonds. The summed E-state index contributed by atoms with van der Waals surface area (Å²) in [5, 5.41) is 6.68. The summed E-state index contributed by atoms with van der Waals surface area (Å²) in [6.07, 6.45) is 8.31. The van der Waals surface area contributed by atoms with Gasteiger partial charge in [-0.05, 0) is 73.1 Å². The molecule has 0 fully saturated rings. The van der Waals surface area contributed by atoms with Crippen molar-refractivity contribution in [2.45, 2.75) is 51.4 Å². The summed E-state index contributed by atoms with van der Waals surface area (Å²) in [4.78, 5) is 2.27. The second-order valence-corrected chi connectivity index (χ2v) is 11.8. The SMILES string of the molecule is CC1(C)/C(=C\C=C2/CCCc3cc4ccc(=[NH2+])cc-4oc32)N(CCCCS(=O)(=O)[O-])c2ccccc21. The molecule has 2 aliphatic heterocycles. The summed E-state index contributed by atoms with van der Waals surface area (Å²) in [5.74, 6) is 1.39. The van der Waals surface area contributed by atoms with Crippen molar-refractivity contribution in [3.8, 4) is 11.3 Å². The first-order chi connectivity index (χ1) is 17.1. The highest BCUT2D eigenvalue weighted by Gasteiger charge is 2.39. The fourth-order valence-electron chi connectivity index (χ4n) is 5.50. The van der Waals surface area contributed by atoms with E-state index in [0.717, 1.165) is 53.3 Å². The van der Waals surface area contributed by atoms with Crippen LogP contribution >= 0.6 is 0 Å². The summed E-state index contributed by atoms with van der Waals surface area (Å²) in [6.45, 7) is 5.08. The molecule has 2 heterocycles. The highest BCUT2D eigenvalue weighted by atomic mass is 32.2. The van der Waals surface area contributed by atoms with E-state index in [-0.39, 0.29) is 11.2 Å². The van der Waals surface area contributed by atoms with E-state index in [1.807, 2.05) is 24.3 Å². The molecule has 5 rings (SSSR count). The maximum atomic E-state index is 11.1. The number of hydrogen-bond acceptors (Lipinski definition) is 5. The smallest absolute Gasteiger partial charge is 0.200 e. The largest absolute Gasteiger partial charge is 0.748 e. The predicted octanol–water partition coefficient (Wildman–Crippen LogP) is 3.77. The van der Waals surface area contributed by atoms with E-state index in [1.54, 1.807) is 0 Å². The van der Waals surface area contributed by atoms with Crippen LogP contribution in [0.3, 0.4) is 0 Å². The molecule has 36 heavy (non-hydrogen) atoms. The van der Waals surface area contributed by atoms with Crippen molar-refractivity contribution in [3.05, 3.63) is 88.6 Å². The third-order valence-electron chi connectivity index (χ3n) is 7.32. The van der Waals surface area contributed by atoms with Gasteiger partial charge in [0.25, 0.3) is 0 Å². The molecular weight excluding hydrogens is 472 g/mol. The summed E-state index contributed by atoms with van der Waals surface area (Å²) in [5.41, 5.74) is 6.74. The molecule has 1 aromatic rings. The van der Waals surface area contributed by atoms with Gasteiger partial charge >= 0.3 is 0 Å². The van der Waals surface area contributed by atoms with Crippen molar-refractivity contribution in [1.82, 2.24) is 0 Å². The topological polar surface area (TPSA) is 99.2 Å². The van der Waals surface area contributed by atoms with E-state index < -0.39 is 10.1 Å². The number of para-hydroxylation sites is 1. The van der Waals surface area contributed by atoms with Gasteiger partial charge in [-0.2, -0.15) is 0 Å². The zero-order valence-corrected chi connectivity index (χ0v) is 21.6. The Morgan fingerprint density at radius 3 is 2.69 bits per heavy atom. The van der Waals surface area contributed by atoms with Crippen LogP contribution in [0.1, 0.15) is 56.4 Å². The van der Waals surface area contributed by atoms with Crippen molar-refractivity contribution >= 4 is 21.4 Å². The Hall–Kier alpha value is -3.16. The molecule has 2 aliphatic carbocycles. The van der Waals surface area contributed by atoms with Crippen molar-refractivity contribution in [3.63, 3.8) is 0 Å². The molecule has 0 aromatic heterocycles. The maximum absolute atomic E-state index is 11.1. The van der Waals surface area contributed by atoms with E-state index in [4.69, 9.17) is 9.83 Å². The third kappa shape index (κ3) is 4.77. The lowest BCUT2D eigenvalue weighted by molar-refractivity contribution is -0.172. The number of allylic oxidation sites excluding steroid dienone is 4. The summed E-state index contributed by atoms with van der Waals surface area (Å²) >= 11 is 0. The molecule has 0 bridgehead atoms. The van der Waals surface area contributed by atoms with Gasteiger partial charge in [0, 0.05) is 40.7 Å². The number of benzene rings is 2. The van der Waals surface area contributed by atoms with Gasteiger partial charge in [-0.25, -0.2) is 8.42 Å². The first kappa shape index (κ1) is 24.5. The standard InChI is InChI=1S/C29H32N2O4S/c1-29(2)24-10-3-4-11-25(24)31(16-5-6-17-36(32,33)34)27(29)15-13-20-8-7-9-22-18-21-12-14-23(30)19-26(21)35-28(20)22/h3-4,10-15,18-19,30H,5-9,16-17H2,1-2H3,(H,32,33,34)/b20-13+,27-15+,30-23?. The van der Waals surface area contributed by atoms with Crippen molar-refractivity contribution in [2.24, 2.45) is 0 Å². The molecule has 1 aromatic carbocycles. The predicted molar refractivity (Wildman–Crippen MR) is 140 cm³/mol. The maximum Gasteiger partial charge on any atom is 0.200 e. The lowest BCUT2D eigenvalue weighted by Crippen LogP contribution is -2.44. The van der Waals surface area contributed by atoms with Gasteiger partial charge in [-0.3, -0.25) is 5.41 Å². The number of fused-ring (bicyclic) bond motifs is 3. The van der Waals surface area contributed by atoms with Crippen LogP contribution in [0.2, 0.25) is 0 Å². The van der Waals surface area contributed by atoms with Gasteiger partial charge in [-0.1, -0.05) is 38.1 Å². The van der Waals surface area contributed by atoms with Crippen LogP contribution in [0.5, 0.6) is 0 Å². The van der Waals surface area contributed by atoms with Gasteiger partial charge in [0.05, 0.1) is 16.2 Å². The van der Waals surface area contributed by atoms with Crippen LogP contribution in [0, 0.1) is 0 Å². The number of nitrogens with zero attached hydrogens (tertiary/aromatic N) is 1. The summed E-state index contributed by atoms with van der Waals surface area (Å²) < 4.78 is 39.6. The number of anilines is 1. The number of hydrogen-bond donors (Lipinski definition) is 1. The molecular formula is C29H32N2O4S. The van der Waals surface area contributed by atoms with Crippen LogP contribution in [-0.2, 0) is 22.0 Å². The normalized spacial score (nSPS) is 19.1. The quantitative estimate of drug-likeness (QED) is 0.407. The van der Waals surface area contributed by atoms with E-state index in [1.165, 1.54) is 11.1 Å². The molecule has 0 unspecified atom stereocenters. The Bertz CT molecular complexity index is 1500. The molecule has 188 valence electrons. The minimum Gasteiger partial charge on any atom is -0.748 e. The molecule has 0 saturated heterocycles. The fourth-order valence-corrected chi connectivity index (χ4v) is 6.05. The molecule has 0 radical (unpaired) electrons. The molecule has 0 saturated carbocycles. The van der Waals surface area contributed by atoms with Crippen LogP contribution in [-0.4, -0.2) is 25.3 Å². The zero-order valence-electron chi connectivity index (χ0n) is 20.8. The minimum absolute atomic E-state index is 0.218. The average Bonchev–Trinajstić information content (AvgIpc) is 3.04. The average molecular weight is 505 g/mol. The fraction of sp³-hybridized carbons (Fsp3) is 0.345. The first-order valence-corrected chi connectivity index (χ1v) is 14.1. The van der Waals surface area contributed by atoms with Gasteiger partial charge in [0.2, 0.25) is 0 Å². The monoisotopic (exact) mass is 504 g/mol. The van der Waals surface area contributed by atoms with Crippen molar-refractivity contribution in [2.75, 3.05) is 17.2 Å². The van der Waals surface area contributed by atoms with Crippen LogP contribution < -0.4 is 15.7 Å². The number of rotatable bonds is 6. The minimum atomic E-state index is -4.20. The van der Waals surface area contributed by atoms with E-state index in [0.29, 0.717) is 24.7 Å². The van der Waals surface area contributed by atoms with Crippen molar-refractivity contribution in [1.29, 1.82) is 0 Å². The van der Waals surface area contributed by atoms with Crippen LogP contribution in [0.4, 0.5) is 5.69 Å². The van der Waals surface area contributed by atoms with E-state index >= 15 is 0 Å². The summed E-state index contributed by atoms with van der Waals surface area (Å²) in [7, 11) is -4.20. The Balaban J connectivity index is 1.51. The highest BCUT2D eigenvalue weighted by molar-refractivity contribution is 7.85. The third-order valence-corrected chi connectivity index (χ3v) is 8.11. The molecule has 2 N–H and O–H groups in total. The second-order valence-electron chi connectivity index (χ2n) is 10.3. The summed E-state index contributed by atoms with van der Waals surface area (Å²) in [6, 6.07) is 16.3. The van der Waals surface area contributed by atoms with Gasteiger partial charge in [0.15, 0.2) is 5.36 Å². The molecule has 6 nitrogen and oxygen atoms in total. The number of unbranched alkanes of at least 4 members (excludes halogenated alkanes) is 1. The van der Waals surface area contributed by atoms with Gasteiger partial charge in [-0.15, -0.1) is 0 Å². The Labute approximate surface area is 212 Å². The first-order valence-electron chi connectivity index (χ1n) is 12.5. The lowest BCUT2D eigenvalue weighted by Gasteiger charge is -2.27. The lowest BCUT2D eigenvalue weighted by atomic mass is 9.83. The van der Waals surface area contributed by atoms with Crippen molar-refractivity contribution < 1.29 is 22.8 Å². The second kappa shape index (κ2) is 9.37. The van der Waals surface area contributed by atoms with E-state index in [9.17, 15) is 13.0 Å². The zero-order chi connectivity index (χ0) is 25.5. The molecule has 4 aliphatic rings. The van der Waals surface area contributed by atoms with Crippen LogP contribution in [0.15, 0.2) is 70.8 Å². The Kier molecular flexibility index (Phi) is 6.39. The molecule has 7 heteroatoms. The van der Waals surface area contributed by atoms with E-state index in [2.05, 4.69) is 55.2 Å². The number of nitrogens with two attached hydrogens (primary N) is 1. The molecule has 0 spiro atoms. The molecule has 0 atom stereocenters. The Morgan fingerprint density at radius 2 is 1.89 bits per heavy atom. The Morgan fingerprint density at radius 1 is 1.08 bits per heavy atom. The highest BCUT2D eigenvalue weighted by Crippen LogP contribution is 2.48. The van der Waals surface area contributed by atoms with Crippen LogP contribution in [0.25, 0.3) is 16.9 Å². The van der Waals surface area contributed by atoms with Gasteiger partial charge in [0.1, 0.15) is 11.5 Å². The van der Waals surface area contributed by atoms with Gasteiger partial charge < -0.3 is 13.9 Å².